The average Bonchev–Trinajstić information content (AvgIpc) is 2.67. The van der Waals surface area contributed by atoms with E-state index in [0.717, 1.165) is 45.0 Å². The molecular formula is C24H28BrN3O2. The van der Waals surface area contributed by atoms with Crippen LogP contribution in [0.2, 0.25) is 0 Å². The average molecular weight is 470 g/mol. The lowest BCUT2D eigenvalue weighted by atomic mass is 10.00. The van der Waals surface area contributed by atoms with Gasteiger partial charge in [-0.3, -0.25) is 9.97 Å². The van der Waals surface area contributed by atoms with Crippen molar-refractivity contribution in [2.24, 2.45) is 5.92 Å². The van der Waals surface area contributed by atoms with Crippen LogP contribution in [0.5, 0.6) is 0 Å². The molecule has 2 heterocycles. The van der Waals surface area contributed by atoms with Crippen LogP contribution in [0, 0.1) is 5.92 Å². The highest BCUT2D eigenvalue weighted by Crippen LogP contribution is 2.29. The van der Waals surface area contributed by atoms with Crippen molar-refractivity contribution in [1.29, 1.82) is 0 Å². The Morgan fingerprint density at radius 1 is 1.13 bits per heavy atom. The van der Waals surface area contributed by atoms with E-state index >= 15 is 0 Å². The van der Waals surface area contributed by atoms with Gasteiger partial charge in [0.25, 0.3) is 0 Å². The number of carbonyl (C=O) groups is 1. The van der Waals surface area contributed by atoms with E-state index in [1.165, 1.54) is 0 Å². The zero-order valence-electron chi connectivity index (χ0n) is 17.9. The Morgan fingerprint density at radius 2 is 1.87 bits per heavy atom. The number of nitrogens with one attached hydrogen (secondary N) is 1. The third-order valence-electron chi connectivity index (χ3n) is 4.69. The van der Waals surface area contributed by atoms with Crippen molar-refractivity contribution in [3.05, 3.63) is 59.0 Å². The molecule has 0 saturated heterocycles. The molecule has 0 aliphatic carbocycles. The number of aromatic nitrogens is 2. The standard InChI is InChI=1S/C24H28BrN3O2/c1-16(7-12-27-23(29)30-24(2,3)4)13-19-15-21(25)20-14-18(5-6-22(20)28-19)17-8-10-26-11-9-17/h5-6,8-11,14-16H,7,12-13H2,1-4H3,(H,27,29). The number of fused-ring (bicyclic) bond motifs is 1. The Hall–Kier alpha value is -2.47. The van der Waals surface area contributed by atoms with E-state index in [9.17, 15) is 4.79 Å². The first-order valence-corrected chi connectivity index (χ1v) is 11.0. The van der Waals surface area contributed by atoms with Crippen LogP contribution in [-0.2, 0) is 11.2 Å². The number of alkyl carbamates (subject to hydrolysis) is 1. The molecule has 1 unspecified atom stereocenters. The molecule has 5 nitrogen and oxygen atoms in total. The highest BCUT2D eigenvalue weighted by Gasteiger charge is 2.16. The Morgan fingerprint density at radius 3 is 2.57 bits per heavy atom. The second kappa shape index (κ2) is 9.56. The number of pyridine rings is 2. The summed E-state index contributed by atoms with van der Waals surface area (Å²) in [5, 5.41) is 3.91. The number of carbonyl (C=O) groups excluding carboxylic acids is 1. The van der Waals surface area contributed by atoms with Gasteiger partial charge < -0.3 is 10.1 Å². The molecule has 1 atom stereocenters. The van der Waals surface area contributed by atoms with Gasteiger partial charge in [-0.05, 0) is 81.0 Å². The minimum Gasteiger partial charge on any atom is -0.444 e. The number of hydrogen-bond donors (Lipinski definition) is 1. The molecule has 1 amide bonds. The molecule has 0 saturated carbocycles. The highest BCUT2D eigenvalue weighted by molar-refractivity contribution is 9.10. The van der Waals surface area contributed by atoms with Gasteiger partial charge in [-0.2, -0.15) is 0 Å². The van der Waals surface area contributed by atoms with Crippen molar-refractivity contribution in [3.8, 4) is 11.1 Å². The molecule has 0 fully saturated rings. The summed E-state index contributed by atoms with van der Waals surface area (Å²) in [5.74, 6) is 0.382. The van der Waals surface area contributed by atoms with E-state index < -0.39 is 5.60 Å². The Kier molecular flexibility index (Phi) is 7.08. The van der Waals surface area contributed by atoms with Crippen LogP contribution < -0.4 is 5.32 Å². The third kappa shape index (κ3) is 6.26. The summed E-state index contributed by atoms with van der Waals surface area (Å²) < 4.78 is 6.31. The second-order valence-corrected chi connectivity index (χ2v) is 9.44. The van der Waals surface area contributed by atoms with Crippen molar-refractivity contribution in [1.82, 2.24) is 15.3 Å². The van der Waals surface area contributed by atoms with E-state index in [0.29, 0.717) is 12.5 Å². The van der Waals surface area contributed by atoms with E-state index in [-0.39, 0.29) is 6.09 Å². The molecule has 0 aliphatic rings. The molecular weight excluding hydrogens is 442 g/mol. The molecule has 1 N–H and O–H groups in total. The number of amides is 1. The number of halogens is 1. The van der Waals surface area contributed by atoms with Crippen LogP contribution >= 0.6 is 15.9 Å². The lowest BCUT2D eigenvalue weighted by Crippen LogP contribution is -2.33. The van der Waals surface area contributed by atoms with Gasteiger partial charge in [-0.1, -0.05) is 28.9 Å². The van der Waals surface area contributed by atoms with Gasteiger partial charge in [-0.15, -0.1) is 0 Å². The predicted octanol–water partition coefficient (Wildman–Crippen LogP) is 6.15. The molecule has 2 aromatic heterocycles. The smallest absolute Gasteiger partial charge is 0.407 e. The molecule has 3 rings (SSSR count). The molecule has 6 heteroatoms. The summed E-state index contributed by atoms with van der Waals surface area (Å²) in [6, 6.07) is 12.4. The molecule has 0 bridgehead atoms. The molecule has 158 valence electrons. The Balaban J connectivity index is 1.63. The molecule has 30 heavy (non-hydrogen) atoms. The minimum absolute atomic E-state index is 0.369. The minimum atomic E-state index is -0.478. The van der Waals surface area contributed by atoms with E-state index in [2.05, 4.69) is 57.4 Å². The van der Waals surface area contributed by atoms with Crippen LogP contribution in [0.1, 0.15) is 39.8 Å². The molecule has 3 aromatic rings. The van der Waals surface area contributed by atoms with Gasteiger partial charge in [-0.25, -0.2) is 4.79 Å². The lowest BCUT2D eigenvalue weighted by molar-refractivity contribution is 0.0525. The van der Waals surface area contributed by atoms with Gasteiger partial charge in [0.05, 0.1) is 5.52 Å². The van der Waals surface area contributed by atoms with Gasteiger partial charge in [0.1, 0.15) is 5.60 Å². The summed E-state index contributed by atoms with van der Waals surface area (Å²) in [7, 11) is 0. The topological polar surface area (TPSA) is 64.1 Å². The molecule has 0 radical (unpaired) electrons. The predicted molar refractivity (Wildman–Crippen MR) is 124 cm³/mol. The first-order valence-electron chi connectivity index (χ1n) is 10.2. The maximum absolute atomic E-state index is 11.8. The van der Waals surface area contributed by atoms with E-state index in [4.69, 9.17) is 9.72 Å². The fraction of sp³-hybridized carbons (Fsp3) is 0.375. The lowest BCUT2D eigenvalue weighted by Gasteiger charge is -2.20. The summed E-state index contributed by atoms with van der Waals surface area (Å²) in [6.45, 7) is 8.33. The zero-order valence-corrected chi connectivity index (χ0v) is 19.5. The number of benzene rings is 1. The molecule has 0 aliphatic heterocycles. The SMILES string of the molecule is CC(CCNC(=O)OC(C)(C)C)Cc1cc(Br)c2cc(-c3ccncc3)ccc2n1. The fourth-order valence-electron chi connectivity index (χ4n) is 3.26. The van der Waals surface area contributed by atoms with Crippen LogP contribution in [0.4, 0.5) is 4.79 Å². The van der Waals surface area contributed by atoms with Gasteiger partial charge in [0.2, 0.25) is 0 Å². The number of hydrogen-bond acceptors (Lipinski definition) is 4. The largest absolute Gasteiger partial charge is 0.444 e. The van der Waals surface area contributed by atoms with Crippen LogP contribution in [0.25, 0.3) is 22.0 Å². The summed E-state index contributed by atoms with van der Waals surface area (Å²) >= 11 is 3.72. The van der Waals surface area contributed by atoms with Crippen molar-refractivity contribution in [2.75, 3.05) is 6.54 Å². The monoisotopic (exact) mass is 469 g/mol. The van der Waals surface area contributed by atoms with Crippen molar-refractivity contribution in [2.45, 2.75) is 46.1 Å². The first-order chi connectivity index (χ1) is 14.2. The summed E-state index contributed by atoms with van der Waals surface area (Å²) in [6.07, 6.45) is 4.93. The van der Waals surface area contributed by atoms with Gasteiger partial charge in [0, 0.05) is 34.5 Å². The molecule has 1 aromatic carbocycles. The van der Waals surface area contributed by atoms with Crippen LogP contribution in [-0.4, -0.2) is 28.2 Å². The Bertz CT molecular complexity index is 1020. The normalized spacial score (nSPS) is 12.6. The quantitative estimate of drug-likeness (QED) is 0.469. The van der Waals surface area contributed by atoms with E-state index in [1.807, 2.05) is 32.9 Å². The van der Waals surface area contributed by atoms with Crippen molar-refractivity contribution in [3.63, 3.8) is 0 Å². The number of nitrogens with zero attached hydrogens (tertiary/aromatic N) is 2. The maximum atomic E-state index is 11.8. The van der Waals surface area contributed by atoms with E-state index in [1.54, 1.807) is 12.4 Å². The van der Waals surface area contributed by atoms with Gasteiger partial charge >= 0.3 is 6.09 Å². The number of ether oxygens (including phenoxy) is 1. The Labute approximate surface area is 186 Å². The number of rotatable bonds is 6. The van der Waals surface area contributed by atoms with Crippen molar-refractivity contribution < 1.29 is 9.53 Å². The molecule has 0 spiro atoms. The zero-order chi connectivity index (χ0) is 21.7. The summed E-state index contributed by atoms with van der Waals surface area (Å²) in [5.41, 5.74) is 3.80. The maximum Gasteiger partial charge on any atom is 0.407 e. The fourth-order valence-corrected chi connectivity index (χ4v) is 3.84. The van der Waals surface area contributed by atoms with Crippen molar-refractivity contribution >= 4 is 32.9 Å². The summed E-state index contributed by atoms with van der Waals surface area (Å²) in [4.78, 5) is 20.7. The van der Waals surface area contributed by atoms with Gasteiger partial charge in [0.15, 0.2) is 0 Å². The highest BCUT2D eigenvalue weighted by atomic mass is 79.9. The third-order valence-corrected chi connectivity index (χ3v) is 5.34. The van der Waals surface area contributed by atoms with Crippen LogP contribution in [0.15, 0.2) is 53.3 Å². The first kappa shape index (κ1) is 22.2. The second-order valence-electron chi connectivity index (χ2n) is 8.59. The van der Waals surface area contributed by atoms with Crippen LogP contribution in [0.3, 0.4) is 0 Å².